The zero-order valence-electron chi connectivity index (χ0n) is 9.60. The monoisotopic (exact) mass is 193 g/mol. The Morgan fingerprint density at radius 2 is 1.64 bits per heavy atom. The average molecular weight is 193 g/mol. The van der Waals surface area contributed by atoms with Gasteiger partial charge in [-0.25, -0.2) is 0 Å². The summed E-state index contributed by atoms with van der Waals surface area (Å²) in [6, 6.07) is 1.87. The first-order chi connectivity index (χ1) is 6.25. The normalized spacial score (nSPS) is 11.8. The predicted octanol–water partition coefficient (Wildman–Crippen LogP) is 2.89. The third kappa shape index (κ3) is 1.69. The molecule has 1 aromatic carbocycles. The minimum atomic E-state index is -0.0728. The number of hydrogen-bond donors (Lipinski definition) is 2. The third-order valence-corrected chi connectivity index (χ3v) is 2.71. The fourth-order valence-corrected chi connectivity index (χ4v) is 1.50. The molecule has 1 aromatic rings. The van der Waals surface area contributed by atoms with Gasteiger partial charge in [-0.3, -0.25) is 0 Å². The van der Waals surface area contributed by atoms with E-state index in [2.05, 4.69) is 20.8 Å². The number of phenols is 1. The van der Waals surface area contributed by atoms with Crippen molar-refractivity contribution in [2.75, 3.05) is 5.73 Å². The molecular formula is C12H19NO. The van der Waals surface area contributed by atoms with Gasteiger partial charge in [0.2, 0.25) is 0 Å². The lowest BCUT2D eigenvalue weighted by molar-refractivity contribution is 0.442. The second-order valence-electron chi connectivity index (χ2n) is 4.86. The van der Waals surface area contributed by atoms with E-state index >= 15 is 0 Å². The molecule has 0 atom stereocenters. The number of hydrogen-bond acceptors (Lipinski definition) is 2. The van der Waals surface area contributed by atoms with E-state index in [0.29, 0.717) is 5.75 Å². The Bertz CT molecular complexity index is 362. The van der Waals surface area contributed by atoms with Gasteiger partial charge in [0, 0.05) is 11.3 Å². The number of nitrogen functional groups attached to an aromatic ring is 1. The second-order valence-corrected chi connectivity index (χ2v) is 4.86. The fourth-order valence-electron chi connectivity index (χ4n) is 1.50. The molecule has 0 amide bonds. The van der Waals surface area contributed by atoms with E-state index < -0.39 is 0 Å². The van der Waals surface area contributed by atoms with E-state index in [1.165, 1.54) is 0 Å². The molecule has 0 saturated heterocycles. The Balaban J connectivity index is 3.49. The summed E-state index contributed by atoms with van der Waals surface area (Å²) in [7, 11) is 0. The average Bonchev–Trinajstić information content (AvgIpc) is 2.06. The van der Waals surface area contributed by atoms with Crippen LogP contribution in [0.4, 0.5) is 5.69 Å². The van der Waals surface area contributed by atoms with E-state index in [0.717, 1.165) is 22.4 Å². The topological polar surface area (TPSA) is 46.2 Å². The minimum absolute atomic E-state index is 0.0728. The maximum Gasteiger partial charge on any atom is 0.122 e. The van der Waals surface area contributed by atoms with Crippen LogP contribution in [0.3, 0.4) is 0 Å². The zero-order valence-corrected chi connectivity index (χ0v) is 9.60. The van der Waals surface area contributed by atoms with Crippen LogP contribution in [-0.2, 0) is 5.41 Å². The van der Waals surface area contributed by atoms with E-state index in [1.54, 1.807) is 0 Å². The Morgan fingerprint density at radius 3 is 2.07 bits per heavy atom. The lowest BCUT2D eigenvalue weighted by Gasteiger charge is -2.23. The van der Waals surface area contributed by atoms with Crippen LogP contribution in [0, 0.1) is 13.8 Å². The summed E-state index contributed by atoms with van der Waals surface area (Å²) >= 11 is 0. The molecule has 0 bridgehead atoms. The van der Waals surface area contributed by atoms with Crippen molar-refractivity contribution >= 4 is 5.69 Å². The van der Waals surface area contributed by atoms with Gasteiger partial charge >= 0.3 is 0 Å². The number of phenolic OH excluding ortho intramolecular Hbond substituents is 1. The molecule has 0 aromatic heterocycles. The lowest BCUT2D eigenvalue weighted by Crippen LogP contribution is -2.13. The van der Waals surface area contributed by atoms with E-state index in [4.69, 9.17) is 5.73 Å². The van der Waals surface area contributed by atoms with Crippen LogP contribution in [0.5, 0.6) is 5.75 Å². The molecule has 0 aliphatic heterocycles. The van der Waals surface area contributed by atoms with Crippen molar-refractivity contribution in [1.82, 2.24) is 0 Å². The van der Waals surface area contributed by atoms with Crippen molar-refractivity contribution in [1.29, 1.82) is 0 Å². The van der Waals surface area contributed by atoms with Crippen molar-refractivity contribution in [3.05, 3.63) is 22.8 Å². The summed E-state index contributed by atoms with van der Waals surface area (Å²) in [5.74, 6) is 0.379. The fraction of sp³-hybridized carbons (Fsp3) is 0.500. The molecule has 0 aliphatic rings. The molecule has 2 nitrogen and oxygen atoms in total. The summed E-state index contributed by atoms with van der Waals surface area (Å²) in [5, 5.41) is 9.98. The van der Waals surface area contributed by atoms with Crippen molar-refractivity contribution in [2.24, 2.45) is 0 Å². The van der Waals surface area contributed by atoms with Crippen LogP contribution in [0.1, 0.15) is 37.5 Å². The maximum absolute atomic E-state index is 9.98. The van der Waals surface area contributed by atoms with Crippen molar-refractivity contribution in [3.63, 3.8) is 0 Å². The van der Waals surface area contributed by atoms with Crippen LogP contribution in [-0.4, -0.2) is 5.11 Å². The van der Waals surface area contributed by atoms with Crippen LogP contribution in [0.15, 0.2) is 6.07 Å². The van der Waals surface area contributed by atoms with Crippen molar-refractivity contribution < 1.29 is 5.11 Å². The molecular weight excluding hydrogens is 174 g/mol. The highest BCUT2D eigenvalue weighted by atomic mass is 16.3. The molecule has 78 valence electrons. The Morgan fingerprint density at radius 1 is 1.14 bits per heavy atom. The molecule has 2 heteroatoms. The smallest absolute Gasteiger partial charge is 0.122 e. The third-order valence-electron chi connectivity index (χ3n) is 2.71. The van der Waals surface area contributed by atoms with Gasteiger partial charge in [0.05, 0.1) is 0 Å². The Kier molecular flexibility index (Phi) is 2.49. The van der Waals surface area contributed by atoms with Gasteiger partial charge in [-0.2, -0.15) is 0 Å². The molecule has 0 heterocycles. The summed E-state index contributed by atoms with van der Waals surface area (Å²) in [5.41, 5.74) is 9.33. The molecule has 1 rings (SSSR count). The molecule has 0 fully saturated rings. The number of nitrogens with two attached hydrogens (primary N) is 1. The van der Waals surface area contributed by atoms with E-state index in [-0.39, 0.29) is 5.41 Å². The zero-order chi connectivity index (χ0) is 11.1. The first-order valence-electron chi connectivity index (χ1n) is 4.84. The Hall–Kier alpha value is -1.18. The standard InChI is InChI=1S/C12H19NO/c1-7-8(2)11(14)9(6-10(7)13)12(3,4)5/h6,14H,13H2,1-5H3. The molecule has 3 N–H and O–H groups in total. The molecule has 0 spiro atoms. The van der Waals surface area contributed by atoms with Crippen LogP contribution >= 0.6 is 0 Å². The molecule has 14 heavy (non-hydrogen) atoms. The second kappa shape index (κ2) is 3.19. The van der Waals surface area contributed by atoms with Crippen molar-refractivity contribution in [2.45, 2.75) is 40.0 Å². The molecule has 0 unspecified atom stereocenters. The Labute approximate surface area is 85.8 Å². The summed E-state index contributed by atoms with van der Waals surface area (Å²) in [6.45, 7) is 10.0. The number of aromatic hydroxyl groups is 1. The lowest BCUT2D eigenvalue weighted by atomic mass is 9.84. The first kappa shape index (κ1) is 10.9. The summed E-state index contributed by atoms with van der Waals surface area (Å²) in [4.78, 5) is 0. The molecule has 0 aliphatic carbocycles. The first-order valence-corrected chi connectivity index (χ1v) is 4.84. The predicted molar refractivity (Wildman–Crippen MR) is 60.7 cm³/mol. The van der Waals surface area contributed by atoms with Crippen LogP contribution in [0.2, 0.25) is 0 Å². The van der Waals surface area contributed by atoms with Gasteiger partial charge in [-0.05, 0) is 36.5 Å². The van der Waals surface area contributed by atoms with Gasteiger partial charge in [0.25, 0.3) is 0 Å². The highest BCUT2D eigenvalue weighted by Gasteiger charge is 2.21. The maximum atomic E-state index is 9.98. The minimum Gasteiger partial charge on any atom is -0.507 e. The highest BCUT2D eigenvalue weighted by molar-refractivity contribution is 5.60. The van der Waals surface area contributed by atoms with Crippen molar-refractivity contribution in [3.8, 4) is 5.75 Å². The van der Waals surface area contributed by atoms with Gasteiger partial charge < -0.3 is 10.8 Å². The van der Waals surface area contributed by atoms with Gasteiger partial charge in [0.15, 0.2) is 0 Å². The summed E-state index contributed by atoms with van der Waals surface area (Å²) in [6.07, 6.45) is 0. The number of benzene rings is 1. The largest absolute Gasteiger partial charge is 0.507 e. The molecule has 0 saturated carbocycles. The van der Waals surface area contributed by atoms with E-state index in [1.807, 2.05) is 19.9 Å². The van der Waals surface area contributed by atoms with Gasteiger partial charge in [0.1, 0.15) is 5.75 Å². The highest BCUT2D eigenvalue weighted by Crippen LogP contribution is 2.36. The van der Waals surface area contributed by atoms with Crippen LogP contribution < -0.4 is 5.73 Å². The SMILES string of the molecule is Cc1c(N)cc(C(C)(C)C)c(O)c1C. The summed E-state index contributed by atoms with van der Waals surface area (Å²) < 4.78 is 0. The molecule has 0 radical (unpaired) electrons. The van der Waals surface area contributed by atoms with Gasteiger partial charge in [-0.1, -0.05) is 20.8 Å². The number of rotatable bonds is 0. The van der Waals surface area contributed by atoms with Crippen LogP contribution in [0.25, 0.3) is 0 Å². The van der Waals surface area contributed by atoms with Gasteiger partial charge in [-0.15, -0.1) is 0 Å². The van der Waals surface area contributed by atoms with E-state index in [9.17, 15) is 5.11 Å². The quantitative estimate of drug-likeness (QED) is 0.491. The number of anilines is 1.